The van der Waals surface area contributed by atoms with Gasteiger partial charge in [-0.2, -0.15) is 0 Å². The molecule has 0 aliphatic rings. The topological polar surface area (TPSA) is 51.8 Å². The van der Waals surface area contributed by atoms with E-state index in [1.807, 2.05) is 30.3 Å². The lowest BCUT2D eigenvalue weighted by Gasteiger charge is -2.06. The number of pyridine rings is 2. The highest BCUT2D eigenvalue weighted by atomic mass is 19.1. The van der Waals surface area contributed by atoms with E-state index >= 15 is 0 Å². The van der Waals surface area contributed by atoms with Crippen LogP contribution in [0.4, 0.5) is 14.6 Å². The predicted octanol–water partition coefficient (Wildman–Crippen LogP) is 4.81. The summed E-state index contributed by atoms with van der Waals surface area (Å²) in [5.74, 6) is -0.839. The maximum absolute atomic E-state index is 13.7. The molecule has 0 atom stereocenters. The number of hydrogen-bond donors (Lipinski definition) is 1. The first-order chi connectivity index (χ1) is 12.1. The van der Waals surface area contributed by atoms with Crippen LogP contribution in [-0.2, 0) is 0 Å². The van der Waals surface area contributed by atoms with E-state index in [1.54, 1.807) is 18.3 Å². The molecule has 2 aromatic carbocycles. The SMILES string of the molecule is Nc1nc2ccccc2c2cc(C=Cc3ccc(F)cc3F)cnc12. The number of benzene rings is 2. The minimum absolute atomic E-state index is 0.306. The van der Waals surface area contributed by atoms with E-state index in [-0.39, 0.29) is 0 Å². The van der Waals surface area contributed by atoms with Crippen molar-refractivity contribution in [2.75, 3.05) is 5.73 Å². The molecule has 5 heteroatoms. The molecule has 2 N–H and O–H groups in total. The molecule has 0 radical (unpaired) electrons. The lowest BCUT2D eigenvalue weighted by Crippen LogP contribution is -1.95. The van der Waals surface area contributed by atoms with E-state index in [4.69, 9.17) is 5.73 Å². The molecule has 122 valence electrons. The summed E-state index contributed by atoms with van der Waals surface area (Å²) in [4.78, 5) is 8.75. The number of rotatable bonds is 2. The molecule has 0 aliphatic carbocycles. The maximum atomic E-state index is 13.7. The number of para-hydroxylation sites is 1. The molecule has 4 aromatic rings. The van der Waals surface area contributed by atoms with Crippen LogP contribution >= 0.6 is 0 Å². The Morgan fingerprint density at radius 1 is 0.920 bits per heavy atom. The van der Waals surface area contributed by atoms with Crippen LogP contribution in [0.25, 0.3) is 34.0 Å². The molecule has 0 saturated carbocycles. The van der Waals surface area contributed by atoms with Crippen LogP contribution in [0.5, 0.6) is 0 Å². The van der Waals surface area contributed by atoms with Gasteiger partial charge in [0.2, 0.25) is 0 Å². The number of hydrogen-bond acceptors (Lipinski definition) is 3. The Kier molecular flexibility index (Phi) is 3.61. The van der Waals surface area contributed by atoms with Crippen molar-refractivity contribution in [1.29, 1.82) is 0 Å². The maximum Gasteiger partial charge on any atom is 0.150 e. The summed E-state index contributed by atoms with van der Waals surface area (Å²) in [6.45, 7) is 0. The standard InChI is InChI=1S/C20H13F2N3/c21-14-8-7-13(17(22)10-14)6-5-12-9-16-15-3-1-2-4-18(15)25-20(23)19(16)24-11-12/h1-11H,(H2,23,25). The molecule has 2 aromatic heterocycles. The van der Waals surface area contributed by atoms with Crippen LogP contribution in [0.3, 0.4) is 0 Å². The average Bonchev–Trinajstić information content (AvgIpc) is 2.61. The van der Waals surface area contributed by atoms with Gasteiger partial charge in [0, 0.05) is 28.6 Å². The van der Waals surface area contributed by atoms with Crippen molar-refractivity contribution in [3.05, 3.63) is 77.5 Å². The number of nitrogen functional groups attached to an aromatic ring is 1. The molecule has 0 amide bonds. The van der Waals surface area contributed by atoms with Crippen LogP contribution in [-0.4, -0.2) is 9.97 Å². The molecule has 3 nitrogen and oxygen atoms in total. The third-order valence-electron chi connectivity index (χ3n) is 4.00. The van der Waals surface area contributed by atoms with E-state index in [1.165, 1.54) is 12.1 Å². The highest BCUT2D eigenvalue weighted by molar-refractivity contribution is 6.08. The number of halogens is 2. The summed E-state index contributed by atoms with van der Waals surface area (Å²) in [6, 6.07) is 13.1. The second-order valence-corrected chi connectivity index (χ2v) is 5.68. The summed E-state index contributed by atoms with van der Waals surface area (Å²) < 4.78 is 26.7. The highest BCUT2D eigenvalue weighted by Gasteiger charge is 2.07. The summed E-state index contributed by atoms with van der Waals surface area (Å²) in [5.41, 5.74) is 8.51. The van der Waals surface area contributed by atoms with Gasteiger partial charge in [-0.15, -0.1) is 0 Å². The van der Waals surface area contributed by atoms with Crippen molar-refractivity contribution >= 4 is 39.8 Å². The van der Waals surface area contributed by atoms with E-state index in [2.05, 4.69) is 9.97 Å². The normalized spacial score (nSPS) is 11.6. The Morgan fingerprint density at radius 2 is 1.76 bits per heavy atom. The van der Waals surface area contributed by atoms with Crippen LogP contribution in [0.1, 0.15) is 11.1 Å². The smallest absolute Gasteiger partial charge is 0.150 e. The second kappa shape index (κ2) is 5.94. The zero-order valence-electron chi connectivity index (χ0n) is 13.1. The minimum Gasteiger partial charge on any atom is -0.382 e. The monoisotopic (exact) mass is 333 g/mol. The average molecular weight is 333 g/mol. The number of fused-ring (bicyclic) bond motifs is 3. The Hall–Kier alpha value is -3.34. The van der Waals surface area contributed by atoms with Crippen molar-refractivity contribution in [1.82, 2.24) is 9.97 Å². The van der Waals surface area contributed by atoms with Gasteiger partial charge < -0.3 is 5.73 Å². The van der Waals surface area contributed by atoms with Crippen molar-refractivity contribution < 1.29 is 8.78 Å². The first kappa shape index (κ1) is 15.2. The van der Waals surface area contributed by atoms with E-state index < -0.39 is 11.6 Å². The van der Waals surface area contributed by atoms with Crippen LogP contribution in [0, 0.1) is 11.6 Å². The first-order valence-corrected chi connectivity index (χ1v) is 7.69. The van der Waals surface area contributed by atoms with Crippen LogP contribution < -0.4 is 5.73 Å². The first-order valence-electron chi connectivity index (χ1n) is 7.69. The summed E-state index contributed by atoms with van der Waals surface area (Å²) in [7, 11) is 0. The Balaban J connectivity index is 1.83. The zero-order valence-corrected chi connectivity index (χ0v) is 13.1. The number of anilines is 1. The Bertz CT molecular complexity index is 1140. The molecule has 0 bridgehead atoms. The molecular formula is C20H13F2N3. The number of nitrogens with zero attached hydrogens (tertiary/aromatic N) is 2. The van der Waals surface area contributed by atoms with Crippen molar-refractivity contribution in [3.63, 3.8) is 0 Å². The molecule has 0 unspecified atom stereocenters. The summed E-state index contributed by atoms with van der Waals surface area (Å²) in [5, 5.41) is 1.83. The third kappa shape index (κ3) is 2.80. The molecule has 0 spiro atoms. The quantitative estimate of drug-likeness (QED) is 0.535. The van der Waals surface area contributed by atoms with Gasteiger partial charge >= 0.3 is 0 Å². The fraction of sp³-hybridized carbons (Fsp3) is 0. The van der Waals surface area contributed by atoms with E-state index in [0.717, 1.165) is 27.9 Å². The minimum atomic E-state index is -0.608. The number of aromatic nitrogens is 2. The third-order valence-corrected chi connectivity index (χ3v) is 4.00. The van der Waals surface area contributed by atoms with Gasteiger partial charge in [0.15, 0.2) is 5.82 Å². The molecule has 0 aliphatic heterocycles. The van der Waals surface area contributed by atoms with Gasteiger partial charge in [0.25, 0.3) is 0 Å². The fourth-order valence-electron chi connectivity index (χ4n) is 2.79. The molecule has 4 rings (SSSR count). The van der Waals surface area contributed by atoms with E-state index in [9.17, 15) is 8.78 Å². The lowest BCUT2D eigenvalue weighted by atomic mass is 10.1. The molecule has 25 heavy (non-hydrogen) atoms. The fourth-order valence-corrected chi connectivity index (χ4v) is 2.79. The molecule has 2 heterocycles. The number of nitrogens with two attached hydrogens (primary N) is 1. The Morgan fingerprint density at radius 3 is 2.60 bits per heavy atom. The lowest BCUT2D eigenvalue weighted by molar-refractivity contribution is 0.581. The molecule has 0 fully saturated rings. The zero-order chi connectivity index (χ0) is 17.4. The molecular weight excluding hydrogens is 320 g/mol. The van der Waals surface area contributed by atoms with Gasteiger partial charge in [0.1, 0.15) is 17.2 Å². The van der Waals surface area contributed by atoms with Crippen molar-refractivity contribution in [3.8, 4) is 0 Å². The molecule has 0 saturated heterocycles. The van der Waals surface area contributed by atoms with Gasteiger partial charge in [-0.05, 0) is 29.8 Å². The van der Waals surface area contributed by atoms with Gasteiger partial charge in [0.05, 0.1) is 5.52 Å². The predicted molar refractivity (Wildman–Crippen MR) is 96.7 cm³/mol. The summed E-state index contributed by atoms with van der Waals surface area (Å²) in [6.07, 6.45) is 4.96. The van der Waals surface area contributed by atoms with Gasteiger partial charge in [-0.25, -0.2) is 13.8 Å². The Labute approximate surface area is 142 Å². The summed E-state index contributed by atoms with van der Waals surface area (Å²) >= 11 is 0. The van der Waals surface area contributed by atoms with Gasteiger partial charge in [-0.1, -0.05) is 30.4 Å². The van der Waals surface area contributed by atoms with Crippen LogP contribution in [0.2, 0.25) is 0 Å². The second-order valence-electron chi connectivity index (χ2n) is 5.68. The van der Waals surface area contributed by atoms with Crippen LogP contribution in [0.15, 0.2) is 54.7 Å². The van der Waals surface area contributed by atoms with Gasteiger partial charge in [-0.3, -0.25) is 4.98 Å². The highest BCUT2D eigenvalue weighted by Crippen LogP contribution is 2.27. The van der Waals surface area contributed by atoms with Crippen molar-refractivity contribution in [2.45, 2.75) is 0 Å². The van der Waals surface area contributed by atoms with E-state index in [0.29, 0.717) is 16.9 Å². The van der Waals surface area contributed by atoms with Crippen molar-refractivity contribution in [2.24, 2.45) is 0 Å². The largest absolute Gasteiger partial charge is 0.382 e.